The average molecular weight is 123 g/mol. The Kier molecular flexibility index (Phi) is 0.916. The third-order valence-electron chi connectivity index (χ3n) is 1.21. The van der Waals surface area contributed by atoms with E-state index in [1.54, 1.807) is 6.07 Å². The number of hydrogen-bond donors (Lipinski definition) is 1. The van der Waals surface area contributed by atoms with Crippen molar-refractivity contribution >= 4 is 5.69 Å². The Morgan fingerprint density at radius 3 is 2.89 bits per heavy atom. The lowest BCUT2D eigenvalue weighted by Gasteiger charge is -1.98. The van der Waals surface area contributed by atoms with Crippen molar-refractivity contribution in [3.05, 3.63) is 29.3 Å². The van der Waals surface area contributed by atoms with Crippen molar-refractivity contribution in [2.75, 3.05) is 5.73 Å². The van der Waals surface area contributed by atoms with Gasteiger partial charge in [-0.05, 0) is 31.0 Å². The van der Waals surface area contributed by atoms with Crippen molar-refractivity contribution < 1.29 is 2.74 Å². The predicted octanol–water partition coefficient (Wildman–Crippen LogP) is 1.89. The van der Waals surface area contributed by atoms with Crippen molar-refractivity contribution in [1.82, 2.24) is 0 Å². The molecule has 0 aliphatic carbocycles. The maximum Gasteiger partial charge on any atom is 0.0346 e. The first-order chi connectivity index (χ1) is 5.27. The molecule has 0 heterocycles. The first-order valence-electron chi connectivity index (χ1n) is 4.15. The Balaban J connectivity index is 2.99. The number of aryl methyl sites for hydroxylation is 2. The summed E-state index contributed by atoms with van der Waals surface area (Å²) in [6, 6.07) is 5.41. The van der Waals surface area contributed by atoms with E-state index in [1.165, 1.54) is 0 Å². The number of benzene rings is 1. The van der Waals surface area contributed by atoms with Crippen molar-refractivity contribution in [3.63, 3.8) is 0 Å². The predicted molar refractivity (Wildman–Crippen MR) is 40.3 cm³/mol. The molecule has 9 heavy (non-hydrogen) atoms. The molecule has 0 saturated heterocycles. The van der Waals surface area contributed by atoms with Crippen LogP contribution in [0.15, 0.2) is 18.2 Å². The molecular formula is C8H11N. The Morgan fingerprint density at radius 1 is 1.44 bits per heavy atom. The molecule has 0 saturated carbocycles. The number of nitrogen functional groups attached to an aromatic ring is 1. The zero-order valence-corrected chi connectivity index (χ0v) is 5.22. The van der Waals surface area contributed by atoms with E-state index in [0.717, 1.165) is 11.1 Å². The molecule has 0 aliphatic rings. The molecule has 2 N–H and O–H groups in total. The molecule has 1 heteroatoms. The highest BCUT2D eigenvalue weighted by Gasteiger charge is 1.89. The zero-order chi connectivity index (χ0) is 8.27. The minimum absolute atomic E-state index is 0.212. The third kappa shape index (κ3) is 1.22. The fourth-order valence-corrected chi connectivity index (χ4v) is 0.644. The van der Waals surface area contributed by atoms with Crippen molar-refractivity contribution in [3.8, 4) is 0 Å². The molecule has 1 rings (SSSR count). The third-order valence-corrected chi connectivity index (χ3v) is 1.21. The van der Waals surface area contributed by atoms with E-state index in [-0.39, 0.29) is 13.8 Å². The van der Waals surface area contributed by atoms with Crippen LogP contribution in [-0.4, -0.2) is 0 Å². The topological polar surface area (TPSA) is 26.0 Å². The Bertz CT molecular complexity index is 248. The average Bonchev–Trinajstić information content (AvgIpc) is 2.04. The summed E-state index contributed by atoms with van der Waals surface area (Å²) in [5, 5.41) is 0. The van der Waals surface area contributed by atoms with E-state index in [1.807, 2.05) is 12.1 Å². The van der Waals surface area contributed by atoms with Gasteiger partial charge in [0.25, 0.3) is 0 Å². The maximum absolute atomic E-state index is 7.09. The molecule has 0 radical (unpaired) electrons. The maximum atomic E-state index is 7.09. The lowest BCUT2D eigenvalue weighted by molar-refractivity contribution is 1.40. The van der Waals surface area contributed by atoms with Gasteiger partial charge in [0, 0.05) is 8.43 Å². The van der Waals surface area contributed by atoms with Gasteiger partial charge in [0.05, 0.1) is 0 Å². The van der Waals surface area contributed by atoms with E-state index in [0.29, 0.717) is 5.69 Å². The van der Waals surface area contributed by atoms with E-state index in [4.69, 9.17) is 8.48 Å². The van der Waals surface area contributed by atoms with Gasteiger partial charge in [0.2, 0.25) is 0 Å². The van der Waals surface area contributed by atoms with Crippen LogP contribution in [0.5, 0.6) is 0 Å². The van der Waals surface area contributed by atoms with E-state index in [2.05, 4.69) is 0 Å². The van der Waals surface area contributed by atoms with Gasteiger partial charge in [-0.15, -0.1) is 0 Å². The summed E-state index contributed by atoms with van der Waals surface area (Å²) in [6.07, 6.45) is 0. The number of rotatable bonds is 0. The van der Waals surface area contributed by atoms with Crippen LogP contribution in [0.3, 0.4) is 0 Å². The highest BCUT2D eigenvalue weighted by atomic mass is 14.5. The van der Waals surface area contributed by atoms with Gasteiger partial charge in [-0.3, -0.25) is 0 Å². The second-order valence-corrected chi connectivity index (χ2v) is 2.03. The zero-order valence-electron chi connectivity index (χ0n) is 7.22. The minimum Gasteiger partial charge on any atom is -0.399 e. The quantitative estimate of drug-likeness (QED) is 0.524. The van der Waals surface area contributed by atoms with Crippen LogP contribution in [0.25, 0.3) is 0 Å². The second-order valence-electron chi connectivity index (χ2n) is 2.03. The SMILES string of the molecule is [2H]Cc1ccc(C[2H])c(N)c1. The molecule has 1 aromatic carbocycles. The molecule has 0 amide bonds. The lowest BCUT2D eigenvalue weighted by atomic mass is 10.1. The summed E-state index contributed by atoms with van der Waals surface area (Å²) in [4.78, 5) is 0. The molecule has 0 unspecified atom stereocenters. The molecule has 0 spiro atoms. The number of hydrogen-bond acceptors (Lipinski definition) is 1. The van der Waals surface area contributed by atoms with Crippen LogP contribution in [0.1, 0.15) is 13.9 Å². The monoisotopic (exact) mass is 123 g/mol. The van der Waals surface area contributed by atoms with Gasteiger partial charge in [-0.2, -0.15) is 0 Å². The van der Waals surface area contributed by atoms with Gasteiger partial charge in [0.1, 0.15) is 0 Å². The molecular weight excluding hydrogens is 110 g/mol. The van der Waals surface area contributed by atoms with Crippen LogP contribution >= 0.6 is 0 Å². The highest BCUT2D eigenvalue weighted by molar-refractivity contribution is 5.47. The molecule has 1 nitrogen and oxygen atoms in total. The first kappa shape index (κ1) is 3.94. The van der Waals surface area contributed by atoms with E-state index in [9.17, 15) is 0 Å². The van der Waals surface area contributed by atoms with E-state index >= 15 is 0 Å². The van der Waals surface area contributed by atoms with Gasteiger partial charge in [-0.25, -0.2) is 0 Å². The smallest absolute Gasteiger partial charge is 0.0346 e. The summed E-state index contributed by atoms with van der Waals surface area (Å²) in [5.41, 5.74) is 7.97. The highest BCUT2D eigenvalue weighted by Crippen LogP contribution is 2.10. The van der Waals surface area contributed by atoms with Crippen LogP contribution < -0.4 is 5.73 Å². The van der Waals surface area contributed by atoms with Crippen LogP contribution in [0.4, 0.5) is 5.69 Å². The van der Waals surface area contributed by atoms with E-state index < -0.39 is 0 Å². The standard InChI is InChI=1S/C8H11N/c1-6-3-4-7(2)8(9)5-6/h3-5H,9H2,1-2H3/i1D,2D. The summed E-state index contributed by atoms with van der Waals surface area (Å²) in [7, 11) is 0. The molecule has 0 aliphatic heterocycles. The fraction of sp³-hybridized carbons (Fsp3) is 0.250. The normalized spacial score (nSPS) is 12.4. The molecule has 0 atom stereocenters. The van der Waals surface area contributed by atoms with Crippen LogP contribution in [-0.2, 0) is 0 Å². The summed E-state index contributed by atoms with van der Waals surface area (Å²) >= 11 is 0. The minimum atomic E-state index is 0.212. The Morgan fingerprint density at radius 2 is 2.33 bits per heavy atom. The van der Waals surface area contributed by atoms with Crippen molar-refractivity contribution in [2.24, 2.45) is 0 Å². The van der Waals surface area contributed by atoms with Crippen LogP contribution in [0, 0.1) is 13.8 Å². The summed E-state index contributed by atoms with van der Waals surface area (Å²) in [5.74, 6) is 0. The molecule has 0 fully saturated rings. The molecule has 1 aromatic rings. The van der Waals surface area contributed by atoms with Crippen molar-refractivity contribution in [1.29, 1.82) is 0 Å². The number of anilines is 1. The molecule has 0 aromatic heterocycles. The number of nitrogens with two attached hydrogens (primary N) is 1. The van der Waals surface area contributed by atoms with Crippen molar-refractivity contribution in [2.45, 2.75) is 13.8 Å². The Labute approximate surface area is 58.3 Å². The first-order valence-corrected chi connectivity index (χ1v) is 2.73. The second kappa shape index (κ2) is 2.09. The summed E-state index contributed by atoms with van der Waals surface area (Å²) < 4.78 is 14.2. The van der Waals surface area contributed by atoms with Gasteiger partial charge >= 0.3 is 0 Å². The van der Waals surface area contributed by atoms with Crippen LogP contribution in [0.2, 0.25) is 0 Å². The largest absolute Gasteiger partial charge is 0.399 e. The molecule has 0 bridgehead atoms. The van der Waals surface area contributed by atoms with Gasteiger partial charge < -0.3 is 5.73 Å². The lowest BCUT2D eigenvalue weighted by Crippen LogP contribution is -1.88. The Hall–Kier alpha value is -0.980. The summed E-state index contributed by atoms with van der Waals surface area (Å²) in [6.45, 7) is 0.465. The molecule has 48 valence electrons. The fourth-order valence-electron chi connectivity index (χ4n) is 0.644. The van der Waals surface area contributed by atoms with Gasteiger partial charge in [0.15, 0.2) is 0 Å². The van der Waals surface area contributed by atoms with Gasteiger partial charge in [-0.1, -0.05) is 12.1 Å².